The zero-order chi connectivity index (χ0) is 15.1. The van der Waals surface area contributed by atoms with Gasteiger partial charge in [0.15, 0.2) is 0 Å². The van der Waals surface area contributed by atoms with E-state index in [-0.39, 0.29) is 18.2 Å². The molecule has 0 aliphatic rings. The number of ether oxygens (including phenoxy) is 1. The van der Waals surface area contributed by atoms with Crippen molar-refractivity contribution in [3.05, 3.63) is 54.6 Å². The van der Waals surface area contributed by atoms with Gasteiger partial charge in [-0.1, -0.05) is 18.2 Å². The van der Waals surface area contributed by atoms with Gasteiger partial charge in [0.25, 0.3) is 0 Å². The lowest BCUT2D eigenvalue weighted by molar-refractivity contribution is -0.114. The second kappa shape index (κ2) is 7.23. The van der Waals surface area contributed by atoms with Crippen molar-refractivity contribution in [3.63, 3.8) is 0 Å². The number of benzene rings is 2. The number of alkyl halides is 2. The van der Waals surface area contributed by atoms with Crippen molar-refractivity contribution < 1.29 is 18.3 Å². The first-order chi connectivity index (χ1) is 10.1. The standard InChI is InChI=1S/C15H14F2N2O2/c16-15(17)21-13-8-6-11(7-9-13)18-10-14(20)19-12-4-2-1-3-5-12/h1-9,15,18H,10H2,(H,19,20). The lowest BCUT2D eigenvalue weighted by Crippen LogP contribution is -2.21. The van der Waals surface area contributed by atoms with Gasteiger partial charge in [-0.15, -0.1) is 0 Å². The van der Waals surface area contributed by atoms with E-state index in [1.807, 2.05) is 18.2 Å². The first-order valence-electron chi connectivity index (χ1n) is 6.27. The van der Waals surface area contributed by atoms with E-state index in [1.54, 1.807) is 24.3 Å². The molecule has 21 heavy (non-hydrogen) atoms. The molecule has 0 heterocycles. The van der Waals surface area contributed by atoms with E-state index in [9.17, 15) is 13.6 Å². The van der Waals surface area contributed by atoms with E-state index in [0.717, 1.165) is 0 Å². The molecule has 1 amide bonds. The van der Waals surface area contributed by atoms with E-state index < -0.39 is 6.61 Å². The molecule has 0 atom stereocenters. The minimum Gasteiger partial charge on any atom is -0.435 e. The highest BCUT2D eigenvalue weighted by atomic mass is 19.3. The van der Waals surface area contributed by atoms with Crippen molar-refractivity contribution in [2.45, 2.75) is 6.61 Å². The molecule has 0 spiro atoms. The minimum absolute atomic E-state index is 0.0734. The number of halogens is 2. The number of rotatable bonds is 6. The molecule has 0 saturated carbocycles. The highest BCUT2D eigenvalue weighted by molar-refractivity contribution is 5.93. The monoisotopic (exact) mass is 292 g/mol. The van der Waals surface area contributed by atoms with Crippen molar-refractivity contribution in [2.24, 2.45) is 0 Å². The predicted octanol–water partition coefficient (Wildman–Crippen LogP) is 3.34. The Labute approximate surface area is 120 Å². The lowest BCUT2D eigenvalue weighted by Gasteiger charge is -2.09. The Kier molecular flexibility index (Phi) is 5.09. The Balaban J connectivity index is 1.81. The number of anilines is 2. The molecule has 6 heteroatoms. The van der Waals surface area contributed by atoms with Crippen LogP contribution in [0, 0.1) is 0 Å². The maximum absolute atomic E-state index is 12.0. The quantitative estimate of drug-likeness (QED) is 0.858. The second-order valence-corrected chi connectivity index (χ2v) is 4.17. The second-order valence-electron chi connectivity index (χ2n) is 4.17. The van der Waals surface area contributed by atoms with E-state index >= 15 is 0 Å². The summed E-state index contributed by atoms with van der Waals surface area (Å²) < 4.78 is 28.2. The van der Waals surface area contributed by atoms with Crippen LogP contribution in [0.2, 0.25) is 0 Å². The van der Waals surface area contributed by atoms with E-state index in [2.05, 4.69) is 15.4 Å². The Morgan fingerprint density at radius 3 is 2.29 bits per heavy atom. The molecule has 0 bridgehead atoms. The number of para-hydroxylation sites is 1. The normalized spacial score (nSPS) is 10.2. The molecule has 4 nitrogen and oxygen atoms in total. The molecule has 0 aliphatic heterocycles. The van der Waals surface area contributed by atoms with Crippen molar-refractivity contribution in [2.75, 3.05) is 17.2 Å². The fourth-order valence-electron chi connectivity index (χ4n) is 1.66. The van der Waals surface area contributed by atoms with Crippen molar-refractivity contribution in [1.82, 2.24) is 0 Å². The van der Waals surface area contributed by atoms with Gasteiger partial charge in [0, 0.05) is 11.4 Å². The number of carbonyl (C=O) groups is 1. The Bertz CT molecular complexity index is 574. The number of nitrogens with one attached hydrogen (secondary N) is 2. The Hall–Kier alpha value is -2.63. The molecular weight excluding hydrogens is 278 g/mol. The van der Waals surface area contributed by atoms with E-state index in [1.165, 1.54) is 12.1 Å². The molecular formula is C15H14F2N2O2. The Morgan fingerprint density at radius 2 is 1.67 bits per heavy atom. The van der Waals surface area contributed by atoms with Crippen LogP contribution < -0.4 is 15.4 Å². The third-order valence-electron chi connectivity index (χ3n) is 2.59. The summed E-state index contributed by atoms with van der Waals surface area (Å²) in [5.74, 6) is -0.126. The van der Waals surface area contributed by atoms with Crippen LogP contribution in [-0.2, 0) is 4.79 Å². The van der Waals surface area contributed by atoms with Crippen LogP contribution in [0.4, 0.5) is 20.2 Å². The fraction of sp³-hybridized carbons (Fsp3) is 0.133. The summed E-state index contributed by atoms with van der Waals surface area (Å²) in [6.45, 7) is -2.77. The van der Waals surface area contributed by atoms with Gasteiger partial charge in [-0.2, -0.15) is 8.78 Å². The summed E-state index contributed by atoms with van der Waals surface area (Å²) in [6.07, 6.45) is 0. The summed E-state index contributed by atoms with van der Waals surface area (Å²) in [5.41, 5.74) is 1.35. The maximum Gasteiger partial charge on any atom is 0.387 e. The topological polar surface area (TPSA) is 50.4 Å². The summed E-state index contributed by atoms with van der Waals surface area (Å²) in [7, 11) is 0. The van der Waals surface area contributed by atoms with Gasteiger partial charge < -0.3 is 15.4 Å². The zero-order valence-electron chi connectivity index (χ0n) is 11.1. The van der Waals surface area contributed by atoms with Crippen LogP contribution in [-0.4, -0.2) is 19.1 Å². The molecule has 110 valence electrons. The van der Waals surface area contributed by atoms with Crippen molar-refractivity contribution in [3.8, 4) is 5.75 Å². The van der Waals surface area contributed by atoms with Crippen molar-refractivity contribution in [1.29, 1.82) is 0 Å². The number of hydrogen-bond acceptors (Lipinski definition) is 3. The summed E-state index contributed by atoms with van der Waals surface area (Å²) in [4.78, 5) is 11.7. The SMILES string of the molecule is O=C(CNc1ccc(OC(F)F)cc1)Nc1ccccc1. The van der Waals surface area contributed by atoms with E-state index in [0.29, 0.717) is 11.4 Å². The predicted molar refractivity (Wildman–Crippen MR) is 76.6 cm³/mol. The first kappa shape index (κ1) is 14.8. The largest absolute Gasteiger partial charge is 0.435 e. The highest BCUT2D eigenvalue weighted by Gasteiger charge is 2.05. The summed E-state index contributed by atoms with van der Waals surface area (Å²) in [5, 5.41) is 5.61. The molecule has 0 fully saturated rings. The lowest BCUT2D eigenvalue weighted by atomic mass is 10.3. The van der Waals surface area contributed by atoms with Crippen molar-refractivity contribution >= 4 is 17.3 Å². The molecule has 0 unspecified atom stereocenters. The molecule has 0 saturated heterocycles. The molecule has 2 aromatic rings. The maximum atomic E-state index is 12.0. The van der Waals surface area contributed by atoms with Crippen LogP contribution in [0.15, 0.2) is 54.6 Å². The zero-order valence-corrected chi connectivity index (χ0v) is 11.1. The van der Waals surface area contributed by atoms with E-state index in [4.69, 9.17) is 0 Å². The minimum atomic E-state index is -2.85. The van der Waals surface area contributed by atoms with Crippen LogP contribution in [0.5, 0.6) is 5.75 Å². The Morgan fingerprint density at radius 1 is 1.00 bits per heavy atom. The highest BCUT2D eigenvalue weighted by Crippen LogP contribution is 2.17. The molecule has 0 radical (unpaired) electrons. The third kappa shape index (κ3) is 5.10. The molecule has 0 aliphatic carbocycles. The first-order valence-corrected chi connectivity index (χ1v) is 6.27. The number of carbonyl (C=O) groups excluding carboxylic acids is 1. The summed E-state index contributed by atoms with van der Waals surface area (Å²) in [6, 6.07) is 15.0. The number of hydrogen-bond donors (Lipinski definition) is 2. The van der Waals surface area contributed by atoms with Gasteiger partial charge in [0.2, 0.25) is 5.91 Å². The average Bonchev–Trinajstić information content (AvgIpc) is 2.47. The van der Waals surface area contributed by atoms with Crippen LogP contribution in [0.3, 0.4) is 0 Å². The van der Waals surface area contributed by atoms with Gasteiger partial charge in [-0.3, -0.25) is 4.79 Å². The molecule has 0 aromatic heterocycles. The van der Waals surface area contributed by atoms with Gasteiger partial charge in [-0.05, 0) is 36.4 Å². The van der Waals surface area contributed by atoms with Crippen LogP contribution >= 0.6 is 0 Å². The fourth-order valence-corrected chi connectivity index (χ4v) is 1.66. The molecule has 2 N–H and O–H groups in total. The number of amides is 1. The smallest absolute Gasteiger partial charge is 0.387 e. The third-order valence-corrected chi connectivity index (χ3v) is 2.59. The average molecular weight is 292 g/mol. The van der Waals surface area contributed by atoms with Gasteiger partial charge >= 0.3 is 6.61 Å². The van der Waals surface area contributed by atoms with Crippen LogP contribution in [0.25, 0.3) is 0 Å². The van der Waals surface area contributed by atoms with Gasteiger partial charge in [0.1, 0.15) is 5.75 Å². The summed E-state index contributed by atoms with van der Waals surface area (Å²) >= 11 is 0. The van der Waals surface area contributed by atoms with Crippen LogP contribution in [0.1, 0.15) is 0 Å². The van der Waals surface area contributed by atoms with Gasteiger partial charge in [0.05, 0.1) is 6.54 Å². The molecule has 2 aromatic carbocycles. The van der Waals surface area contributed by atoms with Gasteiger partial charge in [-0.25, -0.2) is 0 Å². The molecule has 2 rings (SSSR count).